The Hall–Kier alpha value is -2.34. The lowest BCUT2D eigenvalue weighted by molar-refractivity contribution is 0.0142. The quantitative estimate of drug-likeness (QED) is 0.805. The Morgan fingerprint density at radius 1 is 1.32 bits per heavy atom. The van der Waals surface area contributed by atoms with Crippen molar-refractivity contribution in [2.45, 2.75) is 46.8 Å². The van der Waals surface area contributed by atoms with Gasteiger partial charge in [0.1, 0.15) is 18.1 Å². The van der Waals surface area contributed by atoms with E-state index in [1.165, 1.54) is 0 Å². The summed E-state index contributed by atoms with van der Waals surface area (Å²) in [4.78, 5) is 12.2. The molecule has 0 spiro atoms. The molecule has 136 valence electrons. The van der Waals surface area contributed by atoms with Crippen LogP contribution >= 0.6 is 0 Å². The van der Waals surface area contributed by atoms with Gasteiger partial charge < -0.3 is 19.7 Å². The van der Waals surface area contributed by atoms with Gasteiger partial charge in [-0.15, -0.1) is 0 Å². The summed E-state index contributed by atoms with van der Waals surface area (Å²) in [5.74, 6) is 1.22. The number of nitrogens with zero attached hydrogens (tertiary/aromatic N) is 1. The number of hydrogen-bond donors (Lipinski definition) is 2. The van der Waals surface area contributed by atoms with Crippen molar-refractivity contribution in [3.8, 4) is 5.75 Å². The van der Waals surface area contributed by atoms with Crippen LogP contribution in [-0.2, 0) is 6.61 Å². The number of hydrogen-bond acceptors (Lipinski definition) is 5. The molecule has 0 saturated carbocycles. The Balaban J connectivity index is 1.92. The van der Waals surface area contributed by atoms with Crippen LogP contribution in [0, 0.1) is 19.8 Å². The zero-order chi connectivity index (χ0) is 18.6. The van der Waals surface area contributed by atoms with E-state index in [2.05, 4.69) is 10.5 Å². The van der Waals surface area contributed by atoms with Crippen molar-refractivity contribution in [2.75, 3.05) is 6.54 Å². The molecule has 1 unspecified atom stereocenters. The summed E-state index contributed by atoms with van der Waals surface area (Å²) in [6.45, 7) is 9.82. The third-order valence-electron chi connectivity index (χ3n) is 4.53. The van der Waals surface area contributed by atoms with Crippen molar-refractivity contribution in [3.05, 3.63) is 46.8 Å². The maximum atomic E-state index is 12.2. The summed E-state index contributed by atoms with van der Waals surface area (Å²) in [6, 6.07) is 6.88. The van der Waals surface area contributed by atoms with Crippen molar-refractivity contribution in [3.63, 3.8) is 0 Å². The van der Waals surface area contributed by atoms with Gasteiger partial charge in [-0.25, -0.2) is 0 Å². The SMILES string of the molecule is Cc1noc(C)c1COc1ccc(C(=O)NCC(C)(O)C(C)C)cc1. The first-order valence-electron chi connectivity index (χ1n) is 8.36. The van der Waals surface area contributed by atoms with E-state index >= 15 is 0 Å². The smallest absolute Gasteiger partial charge is 0.251 e. The molecule has 6 heteroatoms. The van der Waals surface area contributed by atoms with Crippen LogP contribution in [0.5, 0.6) is 5.75 Å². The molecule has 0 aliphatic heterocycles. The van der Waals surface area contributed by atoms with Crippen molar-refractivity contribution in [2.24, 2.45) is 5.92 Å². The van der Waals surface area contributed by atoms with Gasteiger partial charge in [0.2, 0.25) is 0 Å². The Bertz CT molecular complexity index is 698. The fourth-order valence-corrected chi connectivity index (χ4v) is 2.13. The zero-order valence-electron chi connectivity index (χ0n) is 15.4. The second kappa shape index (κ2) is 7.70. The number of carbonyl (C=O) groups excluding carboxylic acids is 1. The Morgan fingerprint density at radius 2 is 1.96 bits per heavy atom. The van der Waals surface area contributed by atoms with Crippen LogP contribution in [0.15, 0.2) is 28.8 Å². The van der Waals surface area contributed by atoms with Gasteiger partial charge in [-0.3, -0.25) is 4.79 Å². The molecule has 2 aromatic rings. The normalized spacial score (nSPS) is 13.6. The lowest BCUT2D eigenvalue weighted by Gasteiger charge is -2.27. The van der Waals surface area contributed by atoms with E-state index in [4.69, 9.17) is 9.26 Å². The van der Waals surface area contributed by atoms with Crippen LogP contribution in [-0.4, -0.2) is 28.3 Å². The number of benzene rings is 1. The molecule has 0 aliphatic carbocycles. The lowest BCUT2D eigenvalue weighted by atomic mass is 9.92. The van der Waals surface area contributed by atoms with Gasteiger partial charge in [-0.1, -0.05) is 19.0 Å². The van der Waals surface area contributed by atoms with E-state index in [9.17, 15) is 9.90 Å². The minimum absolute atomic E-state index is 0.0490. The molecule has 0 bridgehead atoms. The van der Waals surface area contributed by atoms with E-state index in [0.29, 0.717) is 17.9 Å². The Labute approximate surface area is 148 Å². The van der Waals surface area contributed by atoms with Crippen molar-refractivity contribution in [1.82, 2.24) is 10.5 Å². The van der Waals surface area contributed by atoms with Crippen LogP contribution in [0.25, 0.3) is 0 Å². The molecule has 2 N–H and O–H groups in total. The second-order valence-corrected chi connectivity index (χ2v) is 6.81. The number of rotatable bonds is 7. The number of aliphatic hydroxyl groups is 1. The molecule has 1 aromatic carbocycles. The van der Waals surface area contributed by atoms with Crippen molar-refractivity contribution < 1.29 is 19.2 Å². The first-order valence-corrected chi connectivity index (χ1v) is 8.36. The number of nitrogens with one attached hydrogen (secondary N) is 1. The monoisotopic (exact) mass is 346 g/mol. The first-order chi connectivity index (χ1) is 11.7. The molecule has 6 nitrogen and oxygen atoms in total. The summed E-state index contributed by atoms with van der Waals surface area (Å²) in [7, 11) is 0. The van der Waals surface area contributed by atoms with Gasteiger partial charge in [0.15, 0.2) is 0 Å². The number of ether oxygens (including phenoxy) is 1. The van der Waals surface area contributed by atoms with Gasteiger partial charge >= 0.3 is 0 Å². The summed E-state index contributed by atoms with van der Waals surface area (Å²) in [6.07, 6.45) is 0. The molecule has 25 heavy (non-hydrogen) atoms. The molecule has 0 aliphatic rings. The highest BCUT2D eigenvalue weighted by atomic mass is 16.5. The average molecular weight is 346 g/mol. The third kappa shape index (κ3) is 4.82. The summed E-state index contributed by atoms with van der Waals surface area (Å²) in [5.41, 5.74) is 1.32. The molecule has 1 aromatic heterocycles. The fraction of sp³-hybridized carbons (Fsp3) is 0.474. The predicted octanol–water partition coefficient (Wildman–Crippen LogP) is 3.01. The average Bonchev–Trinajstić information content (AvgIpc) is 2.89. The molecule has 0 fully saturated rings. The molecular weight excluding hydrogens is 320 g/mol. The number of aryl methyl sites for hydroxylation is 2. The number of carbonyl (C=O) groups is 1. The topological polar surface area (TPSA) is 84.6 Å². The second-order valence-electron chi connectivity index (χ2n) is 6.81. The highest BCUT2D eigenvalue weighted by Crippen LogP contribution is 2.18. The highest BCUT2D eigenvalue weighted by molar-refractivity contribution is 5.94. The van der Waals surface area contributed by atoms with E-state index in [0.717, 1.165) is 17.0 Å². The van der Waals surface area contributed by atoms with E-state index < -0.39 is 5.60 Å². The molecule has 1 atom stereocenters. The standard InChI is InChI=1S/C19H26N2O4/c1-12(2)19(5,23)11-20-18(22)15-6-8-16(9-7-15)24-10-17-13(3)21-25-14(17)4/h6-9,12,23H,10-11H2,1-5H3,(H,20,22). The van der Waals surface area contributed by atoms with E-state index in [-0.39, 0.29) is 18.4 Å². The van der Waals surface area contributed by atoms with Gasteiger partial charge in [-0.2, -0.15) is 0 Å². The van der Waals surface area contributed by atoms with Crippen molar-refractivity contribution >= 4 is 5.91 Å². The van der Waals surface area contributed by atoms with Crippen LogP contribution < -0.4 is 10.1 Å². The maximum absolute atomic E-state index is 12.2. The molecule has 0 saturated heterocycles. The molecule has 1 amide bonds. The predicted molar refractivity (Wildman–Crippen MR) is 94.5 cm³/mol. The van der Waals surface area contributed by atoms with E-state index in [1.807, 2.05) is 27.7 Å². The molecular formula is C19H26N2O4. The number of amides is 1. The third-order valence-corrected chi connectivity index (χ3v) is 4.53. The van der Waals surface area contributed by atoms with Gasteiger partial charge in [0.25, 0.3) is 5.91 Å². The lowest BCUT2D eigenvalue weighted by Crippen LogP contribution is -2.44. The molecule has 0 radical (unpaired) electrons. The van der Waals surface area contributed by atoms with Crippen LogP contribution in [0.2, 0.25) is 0 Å². The van der Waals surface area contributed by atoms with Gasteiger partial charge in [0.05, 0.1) is 16.9 Å². The first kappa shape index (κ1) is 19.0. The van der Waals surface area contributed by atoms with Gasteiger partial charge in [-0.05, 0) is 51.0 Å². The Kier molecular flexibility index (Phi) is 5.85. The maximum Gasteiger partial charge on any atom is 0.251 e. The summed E-state index contributed by atoms with van der Waals surface area (Å²) < 4.78 is 10.8. The number of aromatic nitrogens is 1. The van der Waals surface area contributed by atoms with Crippen LogP contribution in [0.4, 0.5) is 0 Å². The largest absolute Gasteiger partial charge is 0.489 e. The minimum atomic E-state index is -0.937. The van der Waals surface area contributed by atoms with Gasteiger partial charge in [0, 0.05) is 12.1 Å². The summed E-state index contributed by atoms with van der Waals surface area (Å²) >= 11 is 0. The summed E-state index contributed by atoms with van der Waals surface area (Å²) in [5, 5.41) is 16.8. The minimum Gasteiger partial charge on any atom is -0.489 e. The molecule has 2 rings (SSSR count). The van der Waals surface area contributed by atoms with Crippen LogP contribution in [0.3, 0.4) is 0 Å². The van der Waals surface area contributed by atoms with E-state index in [1.54, 1.807) is 31.2 Å². The Morgan fingerprint density at radius 3 is 2.48 bits per heavy atom. The van der Waals surface area contributed by atoms with Crippen LogP contribution in [0.1, 0.15) is 48.1 Å². The zero-order valence-corrected chi connectivity index (χ0v) is 15.4. The highest BCUT2D eigenvalue weighted by Gasteiger charge is 2.25. The molecule has 1 heterocycles. The van der Waals surface area contributed by atoms with Crippen molar-refractivity contribution in [1.29, 1.82) is 0 Å². The fourth-order valence-electron chi connectivity index (χ4n) is 2.13.